The van der Waals surface area contributed by atoms with Crippen molar-refractivity contribution < 1.29 is 0 Å². The fourth-order valence-corrected chi connectivity index (χ4v) is 1.40. The third-order valence-electron chi connectivity index (χ3n) is 2.50. The van der Waals surface area contributed by atoms with Crippen LogP contribution in [0.5, 0.6) is 0 Å². The maximum atomic E-state index is 8.67. The molecule has 0 aliphatic carbocycles. The maximum absolute atomic E-state index is 8.67. The smallest absolute Gasteiger partial charge is 0.199 e. The Morgan fingerprint density at radius 3 is 3.12 bits per heavy atom. The zero-order valence-corrected chi connectivity index (χ0v) is 9.07. The van der Waals surface area contributed by atoms with Gasteiger partial charge in [-0.2, -0.15) is 9.78 Å². The molecule has 7 heteroatoms. The van der Waals surface area contributed by atoms with Crippen LogP contribution in [-0.2, 0) is 0 Å². The molecule has 0 aliphatic rings. The van der Waals surface area contributed by atoms with E-state index in [2.05, 4.69) is 26.6 Å². The Hall–Kier alpha value is -2.23. The summed E-state index contributed by atoms with van der Waals surface area (Å²) in [6, 6.07) is 2.22. The first-order valence-electron chi connectivity index (χ1n) is 4.86. The van der Waals surface area contributed by atoms with Gasteiger partial charge >= 0.3 is 0 Å². The summed E-state index contributed by atoms with van der Waals surface area (Å²) in [5, 5.41) is 19.9. The molecule has 0 radical (unpaired) electrons. The van der Waals surface area contributed by atoms with Gasteiger partial charge in [0.15, 0.2) is 11.5 Å². The molecule has 82 valence electrons. The second kappa shape index (κ2) is 4.10. The van der Waals surface area contributed by atoms with E-state index in [9.17, 15) is 0 Å². The lowest BCUT2D eigenvalue weighted by molar-refractivity contribution is 0.673. The van der Waals surface area contributed by atoms with Crippen molar-refractivity contribution >= 4 is 11.5 Å². The fourth-order valence-electron chi connectivity index (χ4n) is 1.40. The quantitative estimate of drug-likeness (QED) is 0.733. The first-order valence-corrected chi connectivity index (χ1v) is 4.86. The Labute approximate surface area is 92.3 Å². The van der Waals surface area contributed by atoms with Crippen molar-refractivity contribution in [2.24, 2.45) is 0 Å². The van der Waals surface area contributed by atoms with E-state index >= 15 is 0 Å². The van der Waals surface area contributed by atoms with Gasteiger partial charge < -0.3 is 4.90 Å². The molecule has 2 rings (SSSR count). The molecular formula is C9H11N7. The number of hydrogen-bond acceptors (Lipinski definition) is 6. The van der Waals surface area contributed by atoms with Crippen LogP contribution in [0.15, 0.2) is 12.4 Å². The number of anilines is 1. The fraction of sp³-hybridized carbons (Fsp3) is 0.444. The molecule has 2 heterocycles. The van der Waals surface area contributed by atoms with E-state index in [0.717, 1.165) is 5.82 Å². The van der Waals surface area contributed by atoms with Crippen LogP contribution in [0.2, 0.25) is 0 Å². The van der Waals surface area contributed by atoms with Gasteiger partial charge in [-0.25, -0.2) is 0 Å². The summed E-state index contributed by atoms with van der Waals surface area (Å²) in [6.07, 6.45) is 3.71. The largest absolute Gasteiger partial charge is 0.354 e. The lowest BCUT2D eigenvalue weighted by atomic mass is 10.2. The van der Waals surface area contributed by atoms with Crippen molar-refractivity contribution in [3.8, 4) is 6.07 Å². The molecule has 2 aromatic rings. The summed E-state index contributed by atoms with van der Waals surface area (Å²) < 4.78 is 1.60. The summed E-state index contributed by atoms with van der Waals surface area (Å²) in [5.41, 5.74) is 0.591. The van der Waals surface area contributed by atoms with Gasteiger partial charge in [0.25, 0.3) is 0 Å². The van der Waals surface area contributed by atoms with Crippen molar-refractivity contribution in [1.82, 2.24) is 25.0 Å². The van der Waals surface area contributed by atoms with Crippen molar-refractivity contribution in [2.45, 2.75) is 19.4 Å². The summed E-state index contributed by atoms with van der Waals surface area (Å²) in [7, 11) is 1.89. The van der Waals surface area contributed by atoms with Crippen LogP contribution in [-0.4, -0.2) is 38.1 Å². The van der Waals surface area contributed by atoms with Crippen LogP contribution in [0.1, 0.15) is 13.3 Å². The summed E-state index contributed by atoms with van der Waals surface area (Å²) in [6.45, 7) is 1.96. The molecule has 1 atom stereocenters. The van der Waals surface area contributed by atoms with Crippen molar-refractivity contribution in [1.29, 1.82) is 5.26 Å². The minimum atomic E-state index is 0.0848. The van der Waals surface area contributed by atoms with Gasteiger partial charge in [-0.3, -0.25) is 4.98 Å². The molecule has 0 spiro atoms. The molecule has 7 nitrogen and oxygen atoms in total. The number of nitriles is 1. The van der Waals surface area contributed by atoms with E-state index in [4.69, 9.17) is 5.26 Å². The second-order valence-electron chi connectivity index (χ2n) is 3.54. The van der Waals surface area contributed by atoms with Crippen LogP contribution >= 0.6 is 0 Å². The highest BCUT2D eigenvalue weighted by molar-refractivity contribution is 5.46. The normalized spacial score (nSPS) is 12.3. The number of hydrogen-bond donors (Lipinski definition) is 0. The highest BCUT2D eigenvalue weighted by Gasteiger charge is 2.14. The van der Waals surface area contributed by atoms with Gasteiger partial charge in [0, 0.05) is 13.1 Å². The van der Waals surface area contributed by atoms with Crippen LogP contribution in [0.3, 0.4) is 0 Å². The molecule has 0 saturated carbocycles. The van der Waals surface area contributed by atoms with Crippen LogP contribution < -0.4 is 4.90 Å². The Morgan fingerprint density at radius 2 is 2.38 bits per heavy atom. The van der Waals surface area contributed by atoms with E-state index in [1.807, 2.05) is 18.9 Å². The number of aromatic nitrogens is 5. The lowest BCUT2D eigenvalue weighted by Crippen LogP contribution is -2.30. The Kier molecular flexibility index (Phi) is 2.64. The minimum absolute atomic E-state index is 0.0848. The van der Waals surface area contributed by atoms with E-state index in [1.165, 1.54) is 0 Å². The SMILES string of the molecule is CC(CC#N)N(C)c1cncc2nnnn12. The summed E-state index contributed by atoms with van der Waals surface area (Å²) in [4.78, 5) is 5.99. The zero-order valence-electron chi connectivity index (χ0n) is 9.07. The van der Waals surface area contributed by atoms with Crippen LogP contribution in [0.25, 0.3) is 5.65 Å². The van der Waals surface area contributed by atoms with E-state index in [0.29, 0.717) is 12.1 Å². The second-order valence-corrected chi connectivity index (χ2v) is 3.54. The standard InChI is InChI=1S/C9H11N7/c1-7(3-4-10)15(2)9-6-11-5-8-12-13-14-16(8)9/h5-7H,3H2,1-2H3. The van der Waals surface area contributed by atoms with E-state index in [-0.39, 0.29) is 6.04 Å². The Balaban J connectivity index is 2.39. The van der Waals surface area contributed by atoms with E-state index < -0.39 is 0 Å². The molecule has 0 N–H and O–H groups in total. The minimum Gasteiger partial charge on any atom is -0.354 e. The third kappa shape index (κ3) is 1.65. The lowest BCUT2D eigenvalue weighted by Gasteiger charge is -2.24. The molecule has 0 saturated heterocycles. The first kappa shape index (κ1) is 10.3. The molecule has 0 fully saturated rings. The average molecular weight is 217 g/mol. The molecule has 0 aromatic carbocycles. The van der Waals surface area contributed by atoms with Crippen molar-refractivity contribution in [2.75, 3.05) is 11.9 Å². The molecule has 2 aromatic heterocycles. The zero-order chi connectivity index (χ0) is 11.5. The third-order valence-corrected chi connectivity index (χ3v) is 2.50. The van der Waals surface area contributed by atoms with Gasteiger partial charge in [-0.05, 0) is 17.4 Å². The predicted molar refractivity (Wildman–Crippen MR) is 56.7 cm³/mol. The van der Waals surface area contributed by atoms with Crippen LogP contribution in [0.4, 0.5) is 5.82 Å². The van der Waals surface area contributed by atoms with Gasteiger partial charge in [0.05, 0.1) is 24.9 Å². The average Bonchev–Trinajstić information content (AvgIpc) is 2.76. The molecule has 1 unspecified atom stereocenters. The molecular weight excluding hydrogens is 206 g/mol. The first-order chi connectivity index (χ1) is 7.74. The number of nitrogens with zero attached hydrogens (tertiary/aromatic N) is 7. The topological polar surface area (TPSA) is 83.0 Å². The van der Waals surface area contributed by atoms with E-state index in [1.54, 1.807) is 16.9 Å². The number of tetrazole rings is 1. The van der Waals surface area contributed by atoms with Crippen molar-refractivity contribution in [3.05, 3.63) is 12.4 Å². The van der Waals surface area contributed by atoms with Crippen molar-refractivity contribution in [3.63, 3.8) is 0 Å². The molecule has 0 aliphatic heterocycles. The highest BCUT2D eigenvalue weighted by atomic mass is 15.5. The monoisotopic (exact) mass is 217 g/mol. The van der Waals surface area contributed by atoms with Gasteiger partial charge in [0.1, 0.15) is 0 Å². The molecule has 16 heavy (non-hydrogen) atoms. The maximum Gasteiger partial charge on any atom is 0.199 e. The number of fused-ring (bicyclic) bond motifs is 1. The Morgan fingerprint density at radius 1 is 1.56 bits per heavy atom. The molecule has 0 amide bonds. The predicted octanol–water partition coefficient (Wildman–Crippen LogP) is 0.258. The molecule has 0 bridgehead atoms. The highest BCUT2D eigenvalue weighted by Crippen LogP contribution is 2.14. The van der Waals surface area contributed by atoms with Gasteiger partial charge in [0.2, 0.25) is 0 Å². The van der Waals surface area contributed by atoms with Crippen LogP contribution in [0, 0.1) is 11.3 Å². The Bertz CT molecular complexity index is 526. The number of rotatable bonds is 3. The summed E-state index contributed by atoms with van der Waals surface area (Å²) in [5.74, 6) is 0.769. The van der Waals surface area contributed by atoms with Gasteiger partial charge in [-0.15, -0.1) is 5.10 Å². The summed E-state index contributed by atoms with van der Waals surface area (Å²) >= 11 is 0. The van der Waals surface area contributed by atoms with Gasteiger partial charge in [-0.1, -0.05) is 0 Å².